The van der Waals surface area contributed by atoms with E-state index in [0.717, 1.165) is 16.6 Å². The molecule has 3 heterocycles. The van der Waals surface area contributed by atoms with Gasteiger partial charge in [0.25, 0.3) is 5.56 Å². The van der Waals surface area contributed by atoms with Gasteiger partial charge in [0.05, 0.1) is 23.3 Å². The third-order valence-electron chi connectivity index (χ3n) is 4.94. The Morgan fingerprint density at radius 2 is 1.79 bits per heavy atom. The summed E-state index contributed by atoms with van der Waals surface area (Å²) in [7, 11) is 0. The van der Waals surface area contributed by atoms with Gasteiger partial charge in [-0.3, -0.25) is 9.78 Å². The molecule has 5 nitrogen and oxygen atoms in total. The van der Waals surface area contributed by atoms with E-state index in [2.05, 4.69) is 40.7 Å². The van der Waals surface area contributed by atoms with Gasteiger partial charge in [0.2, 0.25) is 5.78 Å². The lowest BCUT2D eigenvalue weighted by Gasteiger charge is -2.08. The lowest BCUT2D eigenvalue weighted by molar-refractivity contribution is 0.833. The second kappa shape index (κ2) is 6.46. The Kier molecular flexibility index (Phi) is 3.79. The molecule has 5 rings (SSSR count). The van der Waals surface area contributed by atoms with Gasteiger partial charge >= 0.3 is 0 Å². The first-order chi connectivity index (χ1) is 13.7. The van der Waals surface area contributed by atoms with Crippen molar-refractivity contribution in [3.05, 3.63) is 101 Å². The number of pyridine rings is 1. The number of nitrogens with zero attached hydrogens (tertiary/aromatic N) is 4. The van der Waals surface area contributed by atoms with Gasteiger partial charge < -0.3 is 4.57 Å². The summed E-state index contributed by atoms with van der Waals surface area (Å²) in [6, 6.07) is 21.7. The molecule has 0 atom stereocenters. The van der Waals surface area contributed by atoms with Crippen molar-refractivity contribution in [2.45, 2.75) is 13.5 Å². The highest BCUT2D eigenvalue weighted by molar-refractivity contribution is 5.81. The maximum atomic E-state index is 13.0. The van der Waals surface area contributed by atoms with Gasteiger partial charge in [-0.1, -0.05) is 42.0 Å². The zero-order valence-corrected chi connectivity index (χ0v) is 15.4. The van der Waals surface area contributed by atoms with Crippen LogP contribution in [0.3, 0.4) is 0 Å². The summed E-state index contributed by atoms with van der Waals surface area (Å²) >= 11 is 0. The van der Waals surface area contributed by atoms with Crippen LogP contribution >= 0.6 is 0 Å². The Bertz CT molecular complexity index is 1370. The summed E-state index contributed by atoms with van der Waals surface area (Å²) in [5.41, 5.74) is 5.59. The second-order valence-corrected chi connectivity index (χ2v) is 6.92. The van der Waals surface area contributed by atoms with Crippen LogP contribution in [0.5, 0.6) is 0 Å². The third kappa shape index (κ3) is 2.68. The van der Waals surface area contributed by atoms with Gasteiger partial charge in [-0.2, -0.15) is 0 Å². The zero-order valence-electron chi connectivity index (χ0n) is 15.4. The average Bonchev–Trinajstić information content (AvgIpc) is 3.03. The summed E-state index contributed by atoms with van der Waals surface area (Å²) in [4.78, 5) is 22.0. The highest BCUT2D eigenvalue weighted by atomic mass is 16.1. The maximum absolute atomic E-state index is 13.0. The largest absolute Gasteiger partial charge is 0.305 e. The summed E-state index contributed by atoms with van der Waals surface area (Å²) in [6.45, 7) is 2.72. The van der Waals surface area contributed by atoms with E-state index in [0.29, 0.717) is 18.0 Å². The van der Waals surface area contributed by atoms with Crippen LogP contribution in [0.15, 0.2) is 83.9 Å². The number of benzene rings is 2. The van der Waals surface area contributed by atoms with Gasteiger partial charge in [-0.15, -0.1) is 0 Å². The highest BCUT2D eigenvalue weighted by Gasteiger charge is 2.15. The van der Waals surface area contributed by atoms with E-state index in [4.69, 9.17) is 4.98 Å². The number of para-hydroxylation sites is 2. The van der Waals surface area contributed by atoms with Crippen molar-refractivity contribution in [2.75, 3.05) is 0 Å². The average molecular weight is 366 g/mol. The van der Waals surface area contributed by atoms with Crippen molar-refractivity contribution in [1.82, 2.24) is 18.9 Å². The first-order valence-corrected chi connectivity index (χ1v) is 9.18. The van der Waals surface area contributed by atoms with E-state index >= 15 is 0 Å². The number of aromatic nitrogens is 4. The molecule has 0 bridgehead atoms. The van der Waals surface area contributed by atoms with Crippen LogP contribution in [0.25, 0.3) is 28.1 Å². The van der Waals surface area contributed by atoms with Gasteiger partial charge in [0, 0.05) is 24.0 Å². The molecule has 0 aliphatic carbocycles. The van der Waals surface area contributed by atoms with Gasteiger partial charge in [-0.25, -0.2) is 9.38 Å². The molecule has 0 unspecified atom stereocenters. The number of hydrogen-bond acceptors (Lipinski definition) is 3. The molecule has 3 aromatic heterocycles. The molecular formula is C23H18N4O. The van der Waals surface area contributed by atoms with Crippen LogP contribution in [0.4, 0.5) is 0 Å². The summed E-state index contributed by atoms with van der Waals surface area (Å²) in [5.74, 6) is 0.633. The Labute approximate surface area is 161 Å². The van der Waals surface area contributed by atoms with Crippen molar-refractivity contribution in [1.29, 1.82) is 0 Å². The van der Waals surface area contributed by atoms with Crippen LogP contribution in [-0.4, -0.2) is 18.9 Å². The van der Waals surface area contributed by atoms with Crippen molar-refractivity contribution in [3.63, 3.8) is 0 Å². The molecule has 0 saturated heterocycles. The molecule has 5 heteroatoms. The summed E-state index contributed by atoms with van der Waals surface area (Å²) < 4.78 is 3.79. The molecular weight excluding hydrogens is 348 g/mol. The van der Waals surface area contributed by atoms with Gasteiger partial charge in [0.1, 0.15) is 0 Å². The summed E-state index contributed by atoms with van der Waals surface area (Å²) in [6.07, 6.45) is 3.44. The molecule has 0 radical (unpaired) electrons. The number of aryl methyl sites for hydroxylation is 1. The van der Waals surface area contributed by atoms with E-state index in [1.165, 1.54) is 11.1 Å². The number of fused-ring (bicyclic) bond motifs is 3. The monoisotopic (exact) mass is 366 g/mol. The molecule has 0 saturated carbocycles. The Balaban J connectivity index is 1.81. The lowest BCUT2D eigenvalue weighted by atomic mass is 10.1. The molecule has 0 aliphatic rings. The maximum Gasteiger partial charge on any atom is 0.260 e. The fourth-order valence-electron chi connectivity index (χ4n) is 3.68. The Hall–Kier alpha value is -3.73. The van der Waals surface area contributed by atoms with E-state index in [9.17, 15) is 4.79 Å². The molecule has 0 N–H and O–H groups in total. The third-order valence-corrected chi connectivity index (χ3v) is 4.94. The minimum absolute atomic E-state index is 0.0944. The van der Waals surface area contributed by atoms with Crippen LogP contribution < -0.4 is 5.56 Å². The minimum atomic E-state index is -0.0944. The number of rotatable bonds is 3. The molecule has 28 heavy (non-hydrogen) atoms. The quantitative estimate of drug-likeness (QED) is 0.484. The van der Waals surface area contributed by atoms with Crippen LogP contribution in [0.2, 0.25) is 0 Å². The SMILES string of the molecule is Cc1cccc(Cn2c3ccccc3n3c(=O)cc(-c4cccnc4)nc23)c1. The van der Waals surface area contributed by atoms with Crippen molar-refractivity contribution in [3.8, 4) is 11.3 Å². The predicted molar refractivity (Wildman–Crippen MR) is 110 cm³/mol. The molecule has 136 valence electrons. The molecule has 0 aliphatic heterocycles. The Morgan fingerprint density at radius 3 is 2.57 bits per heavy atom. The predicted octanol–water partition coefficient (Wildman–Crippen LogP) is 4.07. The first-order valence-electron chi connectivity index (χ1n) is 9.18. The van der Waals surface area contributed by atoms with Crippen molar-refractivity contribution < 1.29 is 0 Å². The molecule has 5 aromatic rings. The molecule has 0 fully saturated rings. The molecule has 0 spiro atoms. The first kappa shape index (κ1) is 16.4. The van der Waals surface area contributed by atoms with Crippen molar-refractivity contribution in [2.24, 2.45) is 0 Å². The highest BCUT2D eigenvalue weighted by Crippen LogP contribution is 2.22. The smallest absolute Gasteiger partial charge is 0.260 e. The van der Waals surface area contributed by atoms with Gasteiger partial charge in [-0.05, 0) is 36.8 Å². The lowest BCUT2D eigenvalue weighted by Crippen LogP contribution is -2.14. The topological polar surface area (TPSA) is 52.2 Å². The van der Waals surface area contributed by atoms with E-state index < -0.39 is 0 Å². The van der Waals surface area contributed by atoms with Crippen LogP contribution in [0, 0.1) is 6.92 Å². The fourth-order valence-corrected chi connectivity index (χ4v) is 3.68. The minimum Gasteiger partial charge on any atom is -0.305 e. The van der Waals surface area contributed by atoms with Crippen LogP contribution in [0.1, 0.15) is 11.1 Å². The molecule has 0 amide bonds. The fraction of sp³-hybridized carbons (Fsp3) is 0.0870. The molecule has 2 aromatic carbocycles. The van der Waals surface area contributed by atoms with E-state index in [1.54, 1.807) is 22.9 Å². The van der Waals surface area contributed by atoms with E-state index in [-0.39, 0.29) is 5.56 Å². The normalized spacial score (nSPS) is 11.3. The summed E-state index contributed by atoms with van der Waals surface area (Å²) in [5, 5.41) is 0. The number of imidazole rings is 1. The number of hydrogen-bond donors (Lipinski definition) is 0. The van der Waals surface area contributed by atoms with Gasteiger partial charge in [0.15, 0.2) is 0 Å². The van der Waals surface area contributed by atoms with E-state index in [1.807, 2.05) is 36.4 Å². The second-order valence-electron chi connectivity index (χ2n) is 6.92. The van der Waals surface area contributed by atoms with Crippen LogP contribution in [-0.2, 0) is 6.54 Å². The zero-order chi connectivity index (χ0) is 19.1. The standard InChI is InChI=1S/C23H18N4O/c1-16-6-4-7-17(12-16)15-26-20-9-2-3-10-21(20)27-22(28)13-19(25-23(26)27)18-8-5-11-24-14-18/h2-14H,15H2,1H3. The van der Waals surface area contributed by atoms with Crippen molar-refractivity contribution >= 4 is 16.8 Å². The Morgan fingerprint density at radius 1 is 0.929 bits per heavy atom.